The number of hydrogen-bond acceptors (Lipinski definition) is 5. The molecule has 0 spiro atoms. The fourth-order valence-electron chi connectivity index (χ4n) is 5.15. The third kappa shape index (κ3) is 4.60. The van der Waals surface area contributed by atoms with Crippen LogP contribution in [0.15, 0.2) is 39.6 Å². The van der Waals surface area contributed by atoms with Crippen LogP contribution >= 0.6 is 0 Å². The van der Waals surface area contributed by atoms with E-state index in [2.05, 4.69) is 6.58 Å². The number of carbonyl (C=O) groups excluding carboxylic acids is 1. The molecule has 1 aromatic carbocycles. The smallest absolute Gasteiger partial charge is 0.339 e. The van der Waals surface area contributed by atoms with E-state index >= 15 is 0 Å². The van der Waals surface area contributed by atoms with E-state index in [1.807, 2.05) is 30.9 Å². The summed E-state index contributed by atoms with van der Waals surface area (Å²) >= 11 is 0. The number of aryl methyl sites for hydroxylation is 1. The number of aliphatic hydroxyl groups is 1. The van der Waals surface area contributed by atoms with Crippen molar-refractivity contribution in [3.8, 4) is 5.75 Å². The van der Waals surface area contributed by atoms with Gasteiger partial charge in [0.1, 0.15) is 17.9 Å². The number of nitrogens with zero attached hydrogens (tertiary/aromatic N) is 1. The van der Waals surface area contributed by atoms with Gasteiger partial charge in [0.25, 0.3) is 0 Å². The highest BCUT2D eigenvalue weighted by atomic mass is 16.5. The summed E-state index contributed by atoms with van der Waals surface area (Å²) in [5.41, 5.74) is 1.78. The van der Waals surface area contributed by atoms with Gasteiger partial charge in [0.2, 0.25) is 5.91 Å². The molecule has 2 fully saturated rings. The van der Waals surface area contributed by atoms with Crippen LogP contribution in [-0.2, 0) is 11.2 Å². The van der Waals surface area contributed by atoms with Gasteiger partial charge in [-0.2, -0.15) is 0 Å². The van der Waals surface area contributed by atoms with Gasteiger partial charge in [0.15, 0.2) is 0 Å². The predicted octanol–water partition coefficient (Wildman–Crippen LogP) is 4.14. The first-order chi connectivity index (χ1) is 15.3. The van der Waals surface area contributed by atoms with Gasteiger partial charge in [-0.05, 0) is 62.8 Å². The van der Waals surface area contributed by atoms with Gasteiger partial charge in [-0.15, -0.1) is 0 Å². The highest BCUT2D eigenvalue weighted by Crippen LogP contribution is 2.39. The first kappa shape index (κ1) is 22.6. The average molecular weight is 440 g/mol. The van der Waals surface area contributed by atoms with Crippen molar-refractivity contribution in [1.82, 2.24) is 4.90 Å². The van der Waals surface area contributed by atoms with Crippen molar-refractivity contribution in [2.45, 2.75) is 64.4 Å². The van der Waals surface area contributed by atoms with Gasteiger partial charge in [-0.25, -0.2) is 4.79 Å². The lowest BCUT2D eigenvalue weighted by Gasteiger charge is -2.47. The monoisotopic (exact) mass is 439 g/mol. The number of benzene rings is 1. The Bertz CT molecular complexity index is 1090. The molecule has 1 aromatic heterocycles. The summed E-state index contributed by atoms with van der Waals surface area (Å²) in [5.74, 6) is 0.835. The minimum Gasteiger partial charge on any atom is -0.489 e. The van der Waals surface area contributed by atoms with E-state index in [1.54, 1.807) is 6.07 Å². The zero-order chi connectivity index (χ0) is 22.9. The molecule has 6 nitrogen and oxygen atoms in total. The lowest BCUT2D eigenvalue weighted by molar-refractivity contribution is -0.143. The quantitative estimate of drug-likeness (QED) is 0.540. The SMILES string of the molecule is C=C(C)COc1ccc2c(C)c(CCC(=O)N3CCC4(O)CCCCC4C3)c(=O)oc2c1. The molecule has 32 heavy (non-hydrogen) atoms. The maximum atomic E-state index is 12.9. The van der Waals surface area contributed by atoms with Crippen LogP contribution < -0.4 is 10.4 Å². The standard InChI is InChI=1S/C26H33NO5/c1-17(2)16-31-20-7-8-21-18(3)22(25(29)32-23(21)14-20)9-10-24(28)27-13-12-26(30)11-5-4-6-19(26)15-27/h7-8,14,19,30H,1,4-6,9-13,15-16H2,2-3H3. The summed E-state index contributed by atoms with van der Waals surface area (Å²) < 4.78 is 11.2. The fourth-order valence-corrected chi connectivity index (χ4v) is 5.15. The molecule has 0 radical (unpaired) electrons. The summed E-state index contributed by atoms with van der Waals surface area (Å²) in [6, 6.07) is 5.47. The second-order valence-corrected chi connectivity index (χ2v) is 9.53. The van der Waals surface area contributed by atoms with Crippen molar-refractivity contribution >= 4 is 16.9 Å². The average Bonchev–Trinajstić information content (AvgIpc) is 2.76. The van der Waals surface area contributed by atoms with Crippen molar-refractivity contribution in [1.29, 1.82) is 0 Å². The third-order valence-corrected chi connectivity index (χ3v) is 7.11. The molecule has 2 aromatic rings. The van der Waals surface area contributed by atoms with Crippen molar-refractivity contribution in [2.75, 3.05) is 19.7 Å². The van der Waals surface area contributed by atoms with Gasteiger partial charge in [-0.3, -0.25) is 4.79 Å². The van der Waals surface area contributed by atoms with Crippen LogP contribution in [0.25, 0.3) is 11.0 Å². The van der Waals surface area contributed by atoms with Gasteiger partial charge >= 0.3 is 5.63 Å². The molecule has 1 aliphatic carbocycles. The van der Waals surface area contributed by atoms with Crippen LogP contribution in [0.3, 0.4) is 0 Å². The number of carbonyl (C=O) groups is 1. The highest BCUT2D eigenvalue weighted by Gasteiger charge is 2.43. The summed E-state index contributed by atoms with van der Waals surface area (Å²) in [4.78, 5) is 27.4. The van der Waals surface area contributed by atoms with E-state index in [1.165, 1.54) is 0 Å². The summed E-state index contributed by atoms with van der Waals surface area (Å²) in [7, 11) is 0. The van der Waals surface area contributed by atoms with E-state index in [9.17, 15) is 14.7 Å². The Hall–Kier alpha value is -2.60. The van der Waals surface area contributed by atoms with Crippen LogP contribution in [-0.4, -0.2) is 41.2 Å². The van der Waals surface area contributed by atoms with Gasteiger partial charge in [0.05, 0.1) is 5.60 Å². The fraction of sp³-hybridized carbons (Fsp3) is 0.538. The molecular weight excluding hydrogens is 406 g/mol. The molecule has 0 bridgehead atoms. The molecule has 1 aliphatic heterocycles. The van der Waals surface area contributed by atoms with Crippen molar-refractivity contribution in [3.05, 3.63) is 51.9 Å². The molecule has 1 saturated carbocycles. The number of hydrogen-bond donors (Lipinski definition) is 1. The minimum absolute atomic E-state index is 0.0417. The van der Waals surface area contributed by atoms with E-state index < -0.39 is 11.2 Å². The van der Waals surface area contributed by atoms with Crippen LogP contribution in [0, 0.1) is 12.8 Å². The van der Waals surface area contributed by atoms with E-state index in [4.69, 9.17) is 9.15 Å². The molecule has 2 atom stereocenters. The molecule has 2 aliphatic rings. The summed E-state index contributed by atoms with van der Waals surface area (Å²) in [5, 5.41) is 11.7. The Morgan fingerprint density at radius 3 is 2.94 bits per heavy atom. The van der Waals surface area contributed by atoms with Gasteiger partial charge < -0.3 is 19.2 Å². The Morgan fingerprint density at radius 2 is 2.16 bits per heavy atom. The summed E-state index contributed by atoms with van der Waals surface area (Å²) in [6.45, 7) is 9.22. The van der Waals surface area contributed by atoms with E-state index in [0.29, 0.717) is 49.4 Å². The van der Waals surface area contributed by atoms with Gasteiger partial charge in [0, 0.05) is 42.4 Å². The van der Waals surface area contributed by atoms with Crippen LogP contribution in [0.5, 0.6) is 5.75 Å². The van der Waals surface area contributed by atoms with Crippen molar-refractivity contribution in [3.63, 3.8) is 0 Å². The zero-order valence-electron chi connectivity index (χ0n) is 19.1. The number of likely N-dealkylation sites (tertiary alicyclic amines) is 1. The topological polar surface area (TPSA) is 80.0 Å². The van der Waals surface area contributed by atoms with E-state index in [-0.39, 0.29) is 18.2 Å². The number of fused-ring (bicyclic) bond motifs is 2. The lowest BCUT2D eigenvalue weighted by Crippen LogP contribution is -2.54. The Kier molecular flexibility index (Phi) is 6.42. The van der Waals surface area contributed by atoms with Crippen molar-refractivity contribution in [2.24, 2.45) is 5.92 Å². The van der Waals surface area contributed by atoms with Crippen LogP contribution in [0.4, 0.5) is 0 Å². The van der Waals surface area contributed by atoms with Crippen molar-refractivity contribution < 1.29 is 19.1 Å². The number of ether oxygens (including phenoxy) is 1. The highest BCUT2D eigenvalue weighted by molar-refractivity contribution is 5.83. The molecule has 1 N–H and O–H groups in total. The zero-order valence-corrected chi connectivity index (χ0v) is 19.1. The van der Waals surface area contributed by atoms with E-state index in [0.717, 1.165) is 42.2 Å². The number of amides is 1. The predicted molar refractivity (Wildman–Crippen MR) is 124 cm³/mol. The molecule has 6 heteroatoms. The van der Waals surface area contributed by atoms with Gasteiger partial charge in [-0.1, -0.05) is 19.4 Å². The molecular formula is C26H33NO5. The Balaban J connectivity index is 1.44. The summed E-state index contributed by atoms with van der Waals surface area (Å²) in [6.07, 6.45) is 5.27. The van der Waals surface area contributed by atoms with Crippen LogP contribution in [0.1, 0.15) is 56.6 Å². The second-order valence-electron chi connectivity index (χ2n) is 9.53. The maximum absolute atomic E-state index is 12.9. The lowest BCUT2D eigenvalue weighted by atomic mass is 9.71. The molecule has 1 amide bonds. The molecule has 1 saturated heterocycles. The molecule has 4 rings (SSSR count). The molecule has 172 valence electrons. The number of rotatable bonds is 6. The Labute approximate surface area is 188 Å². The minimum atomic E-state index is -0.599. The normalized spacial score (nSPS) is 23.1. The second kappa shape index (κ2) is 9.10. The first-order valence-electron chi connectivity index (χ1n) is 11.6. The molecule has 2 heterocycles. The number of piperidine rings is 1. The Morgan fingerprint density at radius 1 is 1.34 bits per heavy atom. The maximum Gasteiger partial charge on any atom is 0.339 e. The molecule has 2 unspecified atom stereocenters. The third-order valence-electron chi connectivity index (χ3n) is 7.11. The first-order valence-corrected chi connectivity index (χ1v) is 11.6. The van der Waals surface area contributed by atoms with Crippen LogP contribution in [0.2, 0.25) is 0 Å². The largest absolute Gasteiger partial charge is 0.489 e.